The molecule has 136 valence electrons. The maximum atomic E-state index is 9.75. The van der Waals surface area contributed by atoms with Crippen LogP contribution >= 0.6 is 11.8 Å². The van der Waals surface area contributed by atoms with Crippen LogP contribution in [0.25, 0.3) is 0 Å². The molecule has 0 amide bonds. The van der Waals surface area contributed by atoms with Gasteiger partial charge in [0.25, 0.3) is 0 Å². The number of thioether (sulfide) groups is 1. The number of aromatic hydroxyl groups is 2. The molecule has 25 heavy (non-hydrogen) atoms. The molecule has 0 saturated heterocycles. The van der Waals surface area contributed by atoms with Gasteiger partial charge in [-0.25, -0.2) is 0 Å². The lowest BCUT2D eigenvalue weighted by Crippen LogP contribution is -1.96. The first-order chi connectivity index (χ1) is 12.1. The lowest BCUT2D eigenvalue weighted by Gasteiger charge is -2.12. The maximum absolute atomic E-state index is 9.75. The van der Waals surface area contributed by atoms with Gasteiger partial charge in [0.2, 0.25) is 0 Å². The van der Waals surface area contributed by atoms with E-state index in [0.717, 1.165) is 50.0 Å². The fraction of sp³-hybridized carbons (Fsp3) is 0.455. The van der Waals surface area contributed by atoms with Crippen molar-refractivity contribution in [1.82, 2.24) is 0 Å². The van der Waals surface area contributed by atoms with E-state index in [1.165, 1.54) is 22.3 Å². The lowest BCUT2D eigenvalue weighted by molar-refractivity contribution is 0.473. The largest absolute Gasteiger partial charge is 0.508 e. The van der Waals surface area contributed by atoms with Crippen LogP contribution in [0.1, 0.15) is 61.8 Å². The second-order valence-electron chi connectivity index (χ2n) is 6.61. The zero-order chi connectivity index (χ0) is 18.1. The lowest BCUT2D eigenvalue weighted by atomic mass is 10.0. The molecule has 3 heteroatoms. The van der Waals surface area contributed by atoms with Gasteiger partial charge in [0.05, 0.1) is 0 Å². The Bertz CT molecular complexity index is 610. The fourth-order valence-electron chi connectivity index (χ4n) is 2.98. The monoisotopic (exact) mass is 358 g/mol. The van der Waals surface area contributed by atoms with Gasteiger partial charge in [0.1, 0.15) is 11.5 Å². The Hall–Kier alpha value is -1.61. The molecule has 0 aliphatic rings. The number of benzene rings is 2. The van der Waals surface area contributed by atoms with Gasteiger partial charge in [-0.3, -0.25) is 0 Å². The third-order valence-electron chi connectivity index (χ3n) is 4.49. The van der Waals surface area contributed by atoms with Crippen molar-refractivity contribution in [3.63, 3.8) is 0 Å². The topological polar surface area (TPSA) is 40.5 Å². The van der Waals surface area contributed by atoms with Gasteiger partial charge >= 0.3 is 0 Å². The Morgan fingerprint density at radius 2 is 1.12 bits per heavy atom. The minimum Gasteiger partial charge on any atom is -0.508 e. The van der Waals surface area contributed by atoms with Crippen LogP contribution in [-0.4, -0.2) is 10.2 Å². The summed E-state index contributed by atoms with van der Waals surface area (Å²) in [6.07, 6.45) is 6.69. The average Bonchev–Trinajstić information content (AvgIpc) is 2.61. The third-order valence-corrected chi connectivity index (χ3v) is 5.52. The summed E-state index contributed by atoms with van der Waals surface area (Å²) in [5.41, 5.74) is 5.19. The summed E-state index contributed by atoms with van der Waals surface area (Å²) in [7, 11) is 0. The van der Waals surface area contributed by atoms with Crippen molar-refractivity contribution < 1.29 is 10.2 Å². The van der Waals surface area contributed by atoms with Gasteiger partial charge in [-0.05, 0) is 72.2 Å². The number of hydrogen-bond acceptors (Lipinski definition) is 3. The summed E-state index contributed by atoms with van der Waals surface area (Å²) in [6.45, 7) is 4.39. The Balaban J connectivity index is 2.01. The third kappa shape index (κ3) is 6.32. The van der Waals surface area contributed by atoms with Crippen LogP contribution in [0.4, 0.5) is 0 Å². The van der Waals surface area contributed by atoms with Crippen molar-refractivity contribution in [3.8, 4) is 11.5 Å². The van der Waals surface area contributed by atoms with Crippen LogP contribution in [0.15, 0.2) is 36.4 Å². The highest BCUT2D eigenvalue weighted by Gasteiger charge is 2.07. The average molecular weight is 359 g/mol. The summed E-state index contributed by atoms with van der Waals surface area (Å²) >= 11 is 1.90. The summed E-state index contributed by atoms with van der Waals surface area (Å²) in [5.74, 6) is 2.63. The minimum absolute atomic E-state index is 0.361. The van der Waals surface area contributed by atoms with Crippen molar-refractivity contribution in [2.75, 3.05) is 0 Å². The van der Waals surface area contributed by atoms with E-state index in [0.29, 0.717) is 11.5 Å². The van der Waals surface area contributed by atoms with Crippen LogP contribution < -0.4 is 0 Å². The Kier molecular flexibility index (Phi) is 8.20. The SMILES string of the molecule is CCCCc1cc(O)ccc1CSCc1ccc(O)cc1CCCC. The molecule has 0 radical (unpaired) electrons. The van der Waals surface area contributed by atoms with Gasteiger partial charge in [-0.1, -0.05) is 38.8 Å². The summed E-state index contributed by atoms with van der Waals surface area (Å²) in [5, 5.41) is 19.5. The number of hydrogen-bond donors (Lipinski definition) is 2. The van der Waals surface area contributed by atoms with Crippen molar-refractivity contribution >= 4 is 11.8 Å². The zero-order valence-electron chi connectivity index (χ0n) is 15.4. The van der Waals surface area contributed by atoms with E-state index in [1.807, 2.05) is 23.9 Å². The molecule has 2 rings (SSSR count). The quantitative estimate of drug-likeness (QED) is 0.530. The predicted octanol–water partition coefficient (Wildman–Crippen LogP) is 6.22. The molecule has 0 spiro atoms. The Labute approximate surface area is 156 Å². The molecule has 0 saturated carbocycles. The molecule has 0 unspecified atom stereocenters. The molecule has 0 aromatic heterocycles. The molecule has 0 atom stereocenters. The van der Waals surface area contributed by atoms with Gasteiger partial charge in [-0.15, -0.1) is 0 Å². The first kappa shape index (κ1) is 19.7. The van der Waals surface area contributed by atoms with Crippen molar-refractivity contribution in [2.24, 2.45) is 0 Å². The second kappa shape index (κ2) is 10.4. The highest BCUT2D eigenvalue weighted by molar-refractivity contribution is 7.97. The van der Waals surface area contributed by atoms with E-state index in [2.05, 4.69) is 26.0 Å². The van der Waals surface area contributed by atoms with E-state index in [4.69, 9.17) is 0 Å². The normalized spacial score (nSPS) is 11.0. The van der Waals surface area contributed by atoms with Crippen molar-refractivity contribution in [1.29, 1.82) is 0 Å². The predicted molar refractivity (Wildman–Crippen MR) is 108 cm³/mol. The van der Waals surface area contributed by atoms with Gasteiger partial charge < -0.3 is 10.2 Å². The molecule has 0 bridgehead atoms. The van der Waals surface area contributed by atoms with Crippen LogP contribution in [-0.2, 0) is 24.3 Å². The number of rotatable bonds is 10. The van der Waals surface area contributed by atoms with Crippen LogP contribution in [0.5, 0.6) is 11.5 Å². The second-order valence-corrected chi connectivity index (χ2v) is 7.59. The molecular weight excluding hydrogens is 328 g/mol. The van der Waals surface area contributed by atoms with E-state index < -0.39 is 0 Å². The van der Waals surface area contributed by atoms with Crippen LogP contribution in [0, 0.1) is 0 Å². The van der Waals surface area contributed by atoms with Gasteiger partial charge in [0.15, 0.2) is 0 Å². The fourth-order valence-corrected chi connectivity index (χ4v) is 4.08. The molecule has 0 heterocycles. The maximum Gasteiger partial charge on any atom is 0.115 e. The summed E-state index contributed by atoms with van der Waals surface area (Å²) in [4.78, 5) is 0. The zero-order valence-corrected chi connectivity index (χ0v) is 16.2. The van der Waals surface area contributed by atoms with Crippen LogP contribution in [0.2, 0.25) is 0 Å². The highest BCUT2D eigenvalue weighted by atomic mass is 32.2. The Morgan fingerprint density at radius 3 is 1.52 bits per heavy atom. The van der Waals surface area contributed by atoms with Crippen molar-refractivity contribution in [2.45, 2.75) is 63.9 Å². The molecule has 2 aromatic rings. The number of unbranched alkanes of at least 4 members (excludes halogenated alkanes) is 2. The first-order valence-electron chi connectivity index (χ1n) is 9.33. The van der Waals surface area contributed by atoms with Crippen molar-refractivity contribution in [3.05, 3.63) is 58.7 Å². The molecule has 0 aliphatic heterocycles. The first-order valence-corrected chi connectivity index (χ1v) is 10.5. The standard InChI is InChI=1S/C22H30O2S/c1-3-5-7-17-13-21(23)11-9-19(17)15-25-16-20-10-12-22(24)14-18(20)8-6-4-2/h9-14,23-24H,3-8,15-16H2,1-2H3. The van der Waals surface area contributed by atoms with Crippen LogP contribution in [0.3, 0.4) is 0 Å². The number of aryl methyl sites for hydroxylation is 2. The molecule has 0 aliphatic carbocycles. The minimum atomic E-state index is 0.361. The number of phenols is 2. The summed E-state index contributed by atoms with van der Waals surface area (Å²) < 4.78 is 0. The summed E-state index contributed by atoms with van der Waals surface area (Å²) in [6, 6.07) is 11.5. The molecular formula is C22H30O2S. The molecule has 2 N–H and O–H groups in total. The van der Waals surface area contributed by atoms with E-state index in [-0.39, 0.29) is 0 Å². The van der Waals surface area contributed by atoms with E-state index >= 15 is 0 Å². The smallest absolute Gasteiger partial charge is 0.115 e. The highest BCUT2D eigenvalue weighted by Crippen LogP contribution is 2.27. The van der Waals surface area contributed by atoms with E-state index in [9.17, 15) is 10.2 Å². The Morgan fingerprint density at radius 1 is 0.680 bits per heavy atom. The molecule has 2 aromatic carbocycles. The van der Waals surface area contributed by atoms with Gasteiger partial charge in [0, 0.05) is 11.5 Å². The molecule has 2 nitrogen and oxygen atoms in total. The number of phenolic OH excluding ortho intramolecular Hbond substituents is 2. The van der Waals surface area contributed by atoms with Gasteiger partial charge in [-0.2, -0.15) is 11.8 Å². The molecule has 0 fully saturated rings. The van der Waals surface area contributed by atoms with E-state index in [1.54, 1.807) is 12.1 Å².